The van der Waals surface area contributed by atoms with Crippen molar-refractivity contribution in [3.05, 3.63) is 47.5 Å². The SMILES string of the molecule is C/C=C/CCNC(=O)c1ccccc1C(=O)O. The second-order valence-corrected chi connectivity index (χ2v) is 3.46. The van der Waals surface area contributed by atoms with Gasteiger partial charge in [-0.25, -0.2) is 4.79 Å². The number of nitrogens with one attached hydrogen (secondary N) is 1. The van der Waals surface area contributed by atoms with Gasteiger partial charge in [0, 0.05) is 6.54 Å². The molecule has 0 aliphatic rings. The van der Waals surface area contributed by atoms with E-state index in [0.717, 1.165) is 6.42 Å². The molecule has 17 heavy (non-hydrogen) atoms. The summed E-state index contributed by atoms with van der Waals surface area (Å²) in [5, 5.41) is 11.6. The first-order valence-electron chi connectivity index (χ1n) is 5.38. The van der Waals surface area contributed by atoms with Crippen LogP contribution in [0.25, 0.3) is 0 Å². The van der Waals surface area contributed by atoms with Gasteiger partial charge >= 0.3 is 5.97 Å². The number of carboxylic acid groups (broad SMARTS) is 1. The fraction of sp³-hybridized carbons (Fsp3) is 0.231. The lowest BCUT2D eigenvalue weighted by Crippen LogP contribution is -2.26. The highest BCUT2D eigenvalue weighted by atomic mass is 16.4. The number of carbonyl (C=O) groups is 2. The average Bonchev–Trinajstić information content (AvgIpc) is 2.34. The van der Waals surface area contributed by atoms with E-state index in [0.29, 0.717) is 6.54 Å². The molecule has 0 radical (unpaired) electrons. The van der Waals surface area contributed by atoms with Crippen molar-refractivity contribution in [2.24, 2.45) is 0 Å². The summed E-state index contributed by atoms with van der Waals surface area (Å²) in [6.45, 7) is 2.40. The van der Waals surface area contributed by atoms with Gasteiger partial charge in [0.2, 0.25) is 0 Å². The first kappa shape index (κ1) is 13.0. The molecule has 2 N–H and O–H groups in total. The largest absolute Gasteiger partial charge is 0.478 e. The molecule has 1 aromatic rings. The van der Waals surface area contributed by atoms with Gasteiger partial charge in [-0.05, 0) is 25.5 Å². The number of aromatic carboxylic acids is 1. The second kappa shape index (κ2) is 6.48. The molecule has 0 unspecified atom stereocenters. The third-order valence-corrected chi connectivity index (χ3v) is 2.23. The molecular weight excluding hydrogens is 218 g/mol. The van der Waals surface area contributed by atoms with Gasteiger partial charge in [-0.3, -0.25) is 4.79 Å². The summed E-state index contributed by atoms with van der Waals surface area (Å²) >= 11 is 0. The normalized spacial score (nSPS) is 10.4. The van der Waals surface area contributed by atoms with Gasteiger partial charge in [-0.1, -0.05) is 24.3 Å². The van der Waals surface area contributed by atoms with E-state index >= 15 is 0 Å². The molecule has 1 amide bonds. The minimum Gasteiger partial charge on any atom is -0.478 e. The molecule has 0 aliphatic carbocycles. The van der Waals surface area contributed by atoms with Crippen molar-refractivity contribution in [3.63, 3.8) is 0 Å². The summed E-state index contributed by atoms with van der Waals surface area (Å²) in [7, 11) is 0. The number of hydrogen-bond acceptors (Lipinski definition) is 2. The second-order valence-electron chi connectivity index (χ2n) is 3.46. The topological polar surface area (TPSA) is 66.4 Å². The van der Waals surface area contributed by atoms with Crippen molar-refractivity contribution in [2.75, 3.05) is 6.54 Å². The van der Waals surface area contributed by atoms with E-state index in [4.69, 9.17) is 5.11 Å². The smallest absolute Gasteiger partial charge is 0.336 e. The van der Waals surface area contributed by atoms with Crippen LogP contribution in [0.4, 0.5) is 0 Å². The number of rotatable bonds is 5. The van der Waals surface area contributed by atoms with Crippen molar-refractivity contribution >= 4 is 11.9 Å². The zero-order chi connectivity index (χ0) is 12.7. The standard InChI is InChI=1S/C13H15NO3/c1-2-3-6-9-14-12(15)10-7-4-5-8-11(10)13(16)17/h2-5,7-8H,6,9H2,1H3,(H,14,15)(H,16,17)/b3-2+. The highest BCUT2D eigenvalue weighted by molar-refractivity contribution is 6.04. The summed E-state index contributed by atoms with van der Waals surface area (Å²) in [5.74, 6) is -1.45. The summed E-state index contributed by atoms with van der Waals surface area (Å²) in [6, 6.07) is 6.17. The molecule has 0 saturated carbocycles. The van der Waals surface area contributed by atoms with E-state index < -0.39 is 5.97 Å². The Morgan fingerprint density at radius 2 is 1.94 bits per heavy atom. The number of benzene rings is 1. The molecule has 4 heteroatoms. The predicted molar refractivity (Wildman–Crippen MR) is 65.2 cm³/mol. The van der Waals surface area contributed by atoms with Gasteiger partial charge in [0.05, 0.1) is 11.1 Å². The number of amides is 1. The Balaban J connectivity index is 2.71. The zero-order valence-electron chi connectivity index (χ0n) is 9.64. The van der Waals surface area contributed by atoms with Gasteiger partial charge in [-0.15, -0.1) is 0 Å². The van der Waals surface area contributed by atoms with Crippen LogP contribution in [0.15, 0.2) is 36.4 Å². The van der Waals surface area contributed by atoms with Crippen LogP contribution < -0.4 is 5.32 Å². The van der Waals surface area contributed by atoms with E-state index in [9.17, 15) is 9.59 Å². The summed E-state index contributed by atoms with van der Waals surface area (Å²) in [6.07, 6.45) is 4.57. The molecule has 0 fully saturated rings. The fourth-order valence-corrected chi connectivity index (χ4v) is 1.40. The summed E-state index contributed by atoms with van der Waals surface area (Å²) < 4.78 is 0. The third-order valence-electron chi connectivity index (χ3n) is 2.23. The van der Waals surface area contributed by atoms with E-state index in [1.807, 2.05) is 19.1 Å². The average molecular weight is 233 g/mol. The van der Waals surface area contributed by atoms with Gasteiger partial charge in [0.25, 0.3) is 5.91 Å². The molecular formula is C13H15NO3. The lowest BCUT2D eigenvalue weighted by Gasteiger charge is -2.06. The minimum absolute atomic E-state index is 0.0241. The molecule has 0 heterocycles. The maximum atomic E-state index is 11.7. The van der Waals surface area contributed by atoms with E-state index in [-0.39, 0.29) is 17.0 Å². The molecule has 0 aliphatic heterocycles. The maximum absolute atomic E-state index is 11.7. The fourth-order valence-electron chi connectivity index (χ4n) is 1.40. The Labute approximate surface area is 100.0 Å². The minimum atomic E-state index is -1.09. The van der Waals surface area contributed by atoms with Crippen molar-refractivity contribution in [2.45, 2.75) is 13.3 Å². The number of carbonyl (C=O) groups excluding carboxylic acids is 1. The van der Waals surface area contributed by atoms with E-state index in [2.05, 4.69) is 5.32 Å². The quantitative estimate of drug-likeness (QED) is 0.604. The zero-order valence-corrected chi connectivity index (χ0v) is 9.64. The molecule has 0 bridgehead atoms. The Kier molecular flexibility index (Phi) is 4.94. The van der Waals surface area contributed by atoms with Crippen molar-refractivity contribution in [1.29, 1.82) is 0 Å². The molecule has 0 saturated heterocycles. The van der Waals surface area contributed by atoms with Gasteiger partial charge < -0.3 is 10.4 Å². The molecule has 1 rings (SSSR count). The third kappa shape index (κ3) is 3.75. The van der Waals surface area contributed by atoms with Crippen LogP contribution in [-0.4, -0.2) is 23.5 Å². The van der Waals surface area contributed by atoms with Crippen LogP contribution in [-0.2, 0) is 0 Å². The number of hydrogen-bond donors (Lipinski definition) is 2. The van der Waals surface area contributed by atoms with Crippen molar-refractivity contribution in [1.82, 2.24) is 5.32 Å². The molecule has 0 spiro atoms. The van der Waals surface area contributed by atoms with Crippen LogP contribution >= 0.6 is 0 Å². The summed E-state index contributed by atoms with van der Waals surface area (Å²) in [4.78, 5) is 22.6. The van der Waals surface area contributed by atoms with E-state index in [1.165, 1.54) is 12.1 Å². The predicted octanol–water partition coefficient (Wildman–Crippen LogP) is 2.08. The van der Waals surface area contributed by atoms with Crippen molar-refractivity contribution < 1.29 is 14.7 Å². The Bertz CT molecular complexity index is 438. The van der Waals surface area contributed by atoms with Crippen LogP contribution in [0.3, 0.4) is 0 Å². The van der Waals surface area contributed by atoms with Crippen LogP contribution in [0.2, 0.25) is 0 Å². The molecule has 90 valence electrons. The first-order valence-corrected chi connectivity index (χ1v) is 5.38. The summed E-state index contributed by atoms with van der Waals surface area (Å²) in [5.41, 5.74) is 0.219. The van der Waals surface area contributed by atoms with Gasteiger partial charge in [-0.2, -0.15) is 0 Å². The lowest BCUT2D eigenvalue weighted by atomic mass is 10.1. The Morgan fingerprint density at radius 1 is 1.29 bits per heavy atom. The van der Waals surface area contributed by atoms with E-state index in [1.54, 1.807) is 12.1 Å². The monoisotopic (exact) mass is 233 g/mol. The molecule has 1 aromatic carbocycles. The highest BCUT2D eigenvalue weighted by Crippen LogP contribution is 2.08. The lowest BCUT2D eigenvalue weighted by molar-refractivity contribution is 0.0691. The Hall–Kier alpha value is -2.10. The molecule has 0 aromatic heterocycles. The van der Waals surface area contributed by atoms with Gasteiger partial charge in [0.1, 0.15) is 0 Å². The highest BCUT2D eigenvalue weighted by Gasteiger charge is 2.14. The van der Waals surface area contributed by atoms with Crippen LogP contribution in [0.5, 0.6) is 0 Å². The maximum Gasteiger partial charge on any atom is 0.336 e. The first-order chi connectivity index (χ1) is 8.16. The van der Waals surface area contributed by atoms with Crippen LogP contribution in [0, 0.1) is 0 Å². The number of allylic oxidation sites excluding steroid dienone is 1. The van der Waals surface area contributed by atoms with Crippen molar-refractivity contribution in [3.8, 4) is 0 Å². The van der Waals surface area contributed by atoms with Crippen LogP contribution in [0.1, 0.15) is 34.1 Å². The number of carboxylic acids is 1. The Morgan fingerprint density at radius 3 is 2.53 bits per heavy atom. The molecule has 0 atom stereocenters. The molecule has 4 nitrogen and oxygen atoms in total. The van der Waals surface area contributed by atoms with Gasteiger partial charge in [0.15, 0.2) is 0 Å².